The second-order valence-electron chi connectivity index (χ2n) is 3.46. The molecule has 0 N–H and O–H groups in total. The summed E-state index contributed by atoms with van der Waals surface area (Å²) in [5.74, 6) is 0. The lowest BCUT2D eigenvalue weighted by Gasteiger charge is -2.06. The number of hydrogen-bond donors (Lipinski definition) is 0. The molecule has 0 fully saturated rings. The van der Waals surface area contributed by atoms with Crippen LogP contribution >= 0.6 is 0 Å². The first-order chi connectivity index (χ1) is 7.69. The van der Waals surface area contributed by atoms with Crippen LogP contribution in [-0.2, 0) is 10.0 Å². The summed E-state index contributed by atoms with van der Waals surface area (Å²) < 4.78 is 25.8. The molecule has 16 heavy (non-hydrogen) atoms. The van der Waals surface area contributed by atoms with Gasteiger partial charge in [0.15, 0.2) is 0 Å². The molecule has 1 aromatic heterocycles. The van der Waals surface area contributed by atoms with Crippen molar-refractivity contribution in [2.45, 2.75) is 4.90 Å². The Labute approximate surface area is 92.9 Å². The average molecular weight is 232 g/mol. The Morgan fingerprint density at radius 1 is 1.06 bits per heavy atom. The van der Waals surface area contributed by atoms with Crippen molar-refractivity contribution in [2.75, 3.05) is 0 Å². The van der Waals surface area contributed by atoms with Gasteiger partial charge in [0.25, 0.3) is 10.0 Å². The van der Waals surface area contributed by atoms with Gasteiger partial charge in [-0.3, -0.25) is 4.99 Å². The number of para-hydroxylation sites is 1. The van der Waals surface area contributed by atoms with Crippen LogP contribution in [-0.4, -0.2) is 18.6 Å². The number of rotatable bonds is 0. The number of nitrogens with zero attached hydrogens (tertiary/aromatic N) is 2. The highest BCUT2D eigenvalue weighted by Crippen LogP contribution is 2.28. The maximum Gasteiger partial charge on any atom is 0.270 e. The Kier molecular flexibility index (Phi) is 1.79. The zero-order chi connectivity index (χ0) is 11.2. The van der Waals surface area contributed by atoms with Crippen molar-refractivity contribution < 1.29 is 8.42 Å². The van der Waals surface area contributed by atoms with Gasteiger partial charge in [-0.15, -0.1) is 0 Å². The van der Waals surface area contributed by atoms with Crippen LogP contribution in [0.4, 0.5) is 5.69 Å². The Morgan fingerprint density at radius 2 is 1.88 bits per heavy atom. The van der Waals surface area contributed by atoms with Crippen LogP contribution in [0.2, 0.25) is 0 Å². The molecular weight excluding hydrogens is 224 g/mol. The topological polar surface area (TPSA) is 51.4 Å². The van der Waals surface area contributed by atoms with E-state index in [1.54, 1.807) is 42.6 Å². The van der Waals surface area contributed by atoms with Crippen LogP contribution in [0.5, 0.6) is 0 Å². The van der Waals surface area contributed by atoms with Gasteiger partial charge in [-0.05, 0) is 24.3 Å². The molecule has 5 heteroatoms. The highest BCUT2D eigenvalue weighted by molar-refractivity contribution is 7.90. The normalized spacial score (nSPS) is 16.2. The van der Waals surface area contributed by atoms with Crippen molar-refractivity contribution in [1.82, 2.24) is 3.97 Å². The van der Waals surface area contributed by atoms with Gasteiger partial charge in [-0.25, -0.2) is 12.4 Å². The fourth-order valence-corrected chi connectivity index (χ4v) is 3.19. The van der Waals surface area contributed by atoms with E-state index in [1.165, 1.54) is 10.2 Å². The first-order valence-electron chi connectivity index (χ1n) is 4.76. The molecule has 0 aliphatic carbocycles. The molecule has 2 aromatic rings. The van der Waals surface area contributed by atoms with E-state index in [0.29, 0.717) is 11.4 Å². The molecule has 0 unspecified atom stereocenters. The molecule has 1 aliphatic rings. The van der Waals surface area contributed by atoms with E-state index in [4.69, 9.17) is 0 Å². The van der Waals surface area contributed by atoms with E-state index < -0.39 is 10.0 Å². The van der Waals surface area contributed by atoms with Gasteiger partial charge in [0, 0.05) is 6.20 Å². The van der Waals surface area contributed by atoms with Gasteiger partial charge in [0.2, 0.25) is 0 Å². The first kappa shape index (κ1) is 9.35. The van der Waals surface area contributed by atoms with Crippen molar-refractivity contribution in [1.29, 1.82) is 0 Å². The first-order valence-corrected chi connectivity index (χ1v) is 6.20. The zero-order valence-electron chi connectivity index (χ0n) is 8.24. The zero-order valence-corrected chi connectivity index (χ0v) is 9.05. The third kappa shape index (κ3) is 1.15. The minimum Gasteiger partial charge on any atom is -0.253 e. The highest BCUT2D eigenvalue weighted by atomic mass is 32.2. The van der Waals surface area contributed by atoms with E-state index in [-0.39, 0.29) is 4.90 Å². The largest absolute Gasteiger partial charge is 0.270 e. The monoisotopic (exact) mass is 232 g/mol. The Morgan fingerprint density at radius 3 is 2.75 bits per heavy atom. The molecule has 1 aliphatic heterocycles. The summed E-state index contributed by atoms with van der Waals surface area (Å²) in [5, 5.41) is 0. The second kappa shape index (κ2) is 3.05. The van der Waals surface area contributed by atoms with Crippen molar-refractivity contribution in [3.63, 3.8) is 0 Å². The fourth-order valence-electron chi connectivity index (χ4n) is 1.72. The van der Waals surface area contributed by atoms with E-state index >= 15 is 0 Å². The third-order valence-corrected chi connectivity index (χ3v) is 4.23. The van der Waals surface area contributed by atoms with E-state index in [0.717, 1.165) is 0 Å². The van der Waals surface area contributed by atoms with Crippen LogP contribution in [0.3, 0.4) is 0 Å². The summed E-state index contributed by atoms with van der Waals surface area (Å²) in [5.41, 5.74) is 1.04. The van der Waals surface area contributed by atoms with Gasteiger partial charge in [-0.2, -0.15) is 0 Å². The molecule has 2 heterocycles. The van der Waals surface area contributed by atoms with Crippen LogP contribution < -0.4 is 0 Å². The molecule has 0 atom stereocenters. The predicted octanol–water partition coefficient (Wildman–Crippen LogP) is 1.79. The summed E-state index contributed by atoms with van der Waals surface area (Å²) in [6, 6.07) is 10.1. The van der Waals surface area contributed by atoms with Crippen molar-refractivity contribution >= 4 is 21.9 Å². The van der Waals surface area contributed by atoms with Gasteiger partial charge in [-0.1, -0.05) is 12.1 Å². The van der Waals surface area contributed by atoms with Crippen molar-refractivity contribution in [2.24, 2.45) is 4.99 Å². The molecule has 0 saturated carbocycles. The molecule has 1 aromatic carbocycles. The molecule has 0 bridgehead atoms. The van der Waals surface area contributed by atoms with Gasteiger partial charge in [0.05, 0.1) is 17.6 Å². The van der Waals surface area contributed by atoms with Crippen LogP contribution in [0.25, 0.3) is 0 Å². The lowest BCUT2D eigenvalue weighted by Crippen LogP contribution is -2.13. The molecule has 4 nitrogen and oxygen atoms in total. The number of aromatic nitrogens is 1. The predicted molar refractivity (Wildman–Crippen MR) is 60.7 cm³/mol. The minimum atomic E-state index is -3.50. The molecule has 0 radical (unpaired) electrons. The number of hydrogen-bond acceptors (Lipinski definition) is 3. The third-order valence-electron chi connectivity index (χ3n) is 2.48. The maximum atomic E-state index is 12.3. The molecular formula is C11H8N2O2S. The summed E-state index contributed by atoms with van der Waals surface area (Å²) in [7, 11) is -3.50. The summed E-state index contributed by atoms with van der Waals surface area (Å²) in [6.45, 7) is 0. The molecule has 0 amide bonds. The Bertz CT molecular complexity index is 684. The average Bonchev–Trinajstić information content (AvgIpc) is 2.72. The fraction of sp³-hybridized carbons (Fsp3) is 0. The maximum absolute atomic E-state index is 12.3. The quantitative estimate of drug-likeness (QED) is 0.593. The molecule has 80 valence electrons. The summed E-state index contributed by atoms with van der Waals surface area (Å²) in [4.78, 5) is 4.41. The standard InChI is InChI=1S/C11H8N2O2S/c14-16(15)11-6-2-1-5-10(11)12-8-9-4-3-7-13(9)16/h1-8H. The van der Waals surface area contributed by atoms with Gasteiger partial charge in [0.1, 0.15) is 4.90 Å². The van der Waals surface area contributed by atoms with E-state index in [2.05, 4.69) is 4.99 Å². The molecule has 0 spiro atoms. The van der Waals surface area contributed by atoms with E-state index in [1.807, 2.05) is 0 Å². The summed E-state index contributed by atoms with van der Waals surface area (Å²) in [6.07, 6.45) is 3.09. The summed E-state index contributed by atoms with van der Waals surface area (Å²) >= 11 is 0. The van der Waals surface area contributed by atoms with Crippen LogP contribution in [0.15, 0.2) is 52.5 Å². The second-order valence-corrected chi connectivity index (χ2v) is 5.24. The Balaban J connectivity index is 2.44. The van der Waals surface area contributed by atoms with Gasteiger partial charge < -0.3 is 0 Å². The Hall–Kier alpha value is -1.88. The molecule has 0 saturated heterocycles. The lowest BCUT2D eigenvalue weighted by molar-refractivity contribution is 0.588. The number of fused-ring (bicyclic) bond motifs is 2. The minimum absolute atomic E-state index is 0.237. The number of aliphatic imine (C=N–C) groups is 1. The van der Waals surface area contributed by atoms with Crippen molar-refractivity contribution in [3.8, 4) is 0 Å². The highest BCUT2D eigenvalue weighted by Gasteiger charge is 2.23. The van der Waals surface area contributed by atoms with Crippen LogP contribution in [0.1, 0.15) is 5.69 Å². The smallest absolute Gasteiger partial charge is 0.253 e. The number of benzene rings is 1. The van der Waals surface area contributed by atoms with E-state index in [9.17, 15) is 8.42 Å². The van der Waals surface area contributed by atoms with Crippen molar-refractivity contribution in [3.05, 3.63) is 48.3 Å². The van der Waals surface area contributed by atoms with Crippen LogP contribution in [0, 0.1) is 0 Å². The lowest BCUT2D eigenvalue weighted by atomic mass is 10.3. The van der Waals surface area contributed by atoms with Gasteiger partial charge >= 0.3 is 0 Å². The molecule has 3 rings (SSSR count). The SMILES string of the molecule is O=S1(=O)c2ccccc2N=Cc2cccn21.